The maximum atomic E-state index is 13.5. The number of sulfonamides is 1. The molecule has 0 heterocycles. The van der Waals surface area contributed by atoms with Gasteiger partial charge in [-0.2, -0.15) is 5.10 Å². The predicted octanol–water partition coefficient (Wildman–Crippen LogP) is 4.63. The normalized spacial score (nSPS) is 11.4. The van der Waals surface area contributed by atoms with Gasteiger partial charge in [0.15, 0.2) is 11.5 Å². The Balaban J connectivity index is 1.85. The Morgan fingerprint density at radius 2 is 1.84 bits per heavy atom. The number of halogens is 1. The van der Waals surface area contributed by atoms with E-state index in [4.69, 9.17) is 9.47 Å². The molecule has 3 aromatic rings. The Kier molecular flexibility index (Phi) is 9.84. The van der Waals surface area contributed by atoms with Crippen LogP contribution in [0.2, 0.25) is 0 Å². The zero-order valence-electron chi connectivity index (χ0n) is 20.3. The minimum Gasteiger partial charge on any atom is -0.503 e. The van der Waals surface area contributed by atoms with Gasteiger partial charge < -0.3 is 14.6 Å². The summed E-state index contributed by atoms with van der Waals surface area (Å²) in [5.41, 5.74) is 3.18. The number of benzene rings is 3. The topological polar surface area (TPSA) is 118 Å². The molecule has 2 N–H and O–H groups in total. The van der Waals surface area contributed by atoms with E-state index in [1.165, 1.54) is 43.3 Å². The fourth-order valence-electron chi connectivity index (χ4n) is 3.23. The standard InChI is InChI=1S/C25H26BrN3O6S2/c1-4-35-19-7-5-18(6-8-19)29(37(32,33)21-11-9-20(36-3)10-12-21)16-24(30)28-27-15-17-13-22(26)25(31)23(14-17)34-2/h5-15,31H,4,16H2,1-3H3,(H,28,30)/b27-15-. The molecular formula is C25H26BrN3O6S2. The number of hydrogen-bond acceptors (Lipinski definition) is 8. The largest absolute Gasteiger partial charge is 0.503 e. The summed E-state index contributed by atoms with van der Waals surface area (Å²) in [4.78, 5) is 13.7. The van der Waals surface area contributed by atoms with Crippen molar-refractivity contribution in [2.75, 3.05) is 30.8 Å². The molecule has 3 aromatic carbocycles. The summed E-state index contributed by atoms with van der Waals surface area (Å²) in [6, 6.07) is 16.0. The zero-order chi connectivity index (χ0) is 27.0. The highest BCUT2D eigenvalue weighted by molar-refractivity contribution is 9.10. The Bertz CT molecular complexity index is 1360. The van der Waals surface area contributed by atoms with Crippen LogP contribution in [0.4, 0.5) is 5.69 Å². The number of carbonyl (C=O) groups is 1. The van der Waals surface area contributed by atoms with E-state index in [1.54, 1.807) is 42.5 Å². The minimum atomic E-state index is -4.08. The summed E-state index contributed by atoms with van der Waals surface area (Å²) in [6.07, 6.45) is 3.25. The van der Waals surface area contributed by atoms with Gasteiger partial charge in [-0.25, -0.2) is 13.8 Å². The van der Waals surface area contributed by atoms with Crippen molar-refractivity contribution in [3.8, 4) is 17.2 Å². The molecule has 3 rings (SSSR count). The summed E-state index contributed by atoms with van der Waals surface area (Å²) in [7, 11) is -2.66. The second-order valence-corrected chi connectivity index (χ2v) is 11.1. The van der Waals surface area contributed by atoms with Gasteiger partial charge in [-0.3, -0.25) is 9.10 Å². The Morgan fingerprint density at radius 1 is 1.16 bits per heavy atom. The minimum absolute atomic E-state index is 0.0523. The number of phenols is 1. The van der Waals surface area contributed by atoms with Crippen LogP contribution in [0, 0.1) is 0 Å². The van der Waals surface area contributed by atoms with E-state index in [0.717, 1.165) is 9.20 Å². The van der Waals surface area contributed by atoms with Crippen LogP contribution in [-0.4, -0.2) is 52.2 Å². The number of anilines is 1. The van der Waals surface area contributed by atoms with Crippen molar-refractivity contribution < 1.29 is 27.8 Å². The van der Waals surface area contributed by atoms with Crippen LogP contribution in [0.5, 0.6) is 17.2 Å². The molecule has 12 heteroatoms. The van der Waals surface area contributed by atoms with Gasteiger partial charge in [0.25, 0.3) is 15.9 Å². The van der Waals surface area contributed by atoms with Gasteiger partial charge in [-0.1, -0.05) is 0 Å². The highest BCUT2D eigenvalue weighted by atomic mass is 79.9. The van der Waals surface area contributed by atoms with Crippen molar-refractivity contribution in [1.82, 2.24) is 5.43 Å². The first-order valence-corrected chi connectivity index (χ1v) is 14.4. The van der Waals surface area contributed by atoms with Crippen LogP contribution in [0.3, 0.4) is 0 Å². The number of hydrogen-bond donors (Lipinski definition) is 2. The number of methoxy groups -OCH3 is 1. The molecule has 0 radical (unpaired) electrons. The maximum Gasteiger partial charge on any atom is 0.264 e. The lowest BCUT2D eigenvalue weighted by molar-refractivity contribution is -0.119. The molecule has 0 bridgehead atoms. The Morgan fingerprint density at radius 3 is 2.43 bits per heavy atom. The Labute approximate surface area is 228 Å². The van der Waals surface area contributed by atoms with Crippen molar-refractivity contribution >= 4 is 55.5 Å². The number of rotatable bonds is 11. The first-order chi connectivity index (χ1) is 17.7. The number of aromatic hydroxyl groups is 1. The van der Waals surface area contributed by atoms with Gasteiger partial charge in [-0.15, -0.1) is 11.8 Å². The monoisotopic (exact) mass is 607 g/mol. The molecule has 9 nitrogen and oxygen atoms in total. The molecule has 0 saturated heterocycles. The van der Waals surface area contributed by atoms with E-state index in [1.807, 2.05) is 13.2 Å². The fourth-order valence-corrected chi connectivity index (χ4v) is 5.52. The lowest BCUT2D eigenvalue weighted by atomic mass is 10.2. The molecule has 0 aliphatic heterocycles. The molecular weight excluding hydrogens is 582 g/mol. The van der Waals surface area contributed by atoms with Gasteiger partial charge >= 0.3 is 0 Å². The number of nitrogens with zero attached hydrogens (tertiary/aromatic N) is 2. The molecule has 1 amide bonds. The molecule has 0 spiro atoms. The smallest absolute Gasteiger partial charge is 0.264 e. The van der Waals surface area contributed by atoms with Gasteiger partial charge in [0.1, 0.15) is 12.3 Å². The molecule has 196 valence electrons. The zero-order valence-corrected chi connectivity index (χ0v) is 23.6. The first kappa shape index (κ1) is 28.4. The van der Waals surface area contributed by atoms with E-state index in [2.05, 4.69) is 26.5 Å². The summed E-state index contributed by atoms with van der Waals surface area (Å²) < 4.78 is 39.0. The van der Waals surface area contributed by atoms with E-state index in [-0.39, 0.29) is 16.4 Å². The summed E-state index contributed by atoms with van der Waals surface area (Å²) in [5, 5.41) is 13.9. The first-order valence-electron chi connectivity index (χ1n) is 11.0. The summed E-state index contributed by atoms with van der Waals surface area (Å²) in [6.45, 7) is 1.80. The third-order valence-corrected chi connectivity index (χ3v) is 8.18. The number of hydrazone groups is 1. The van der Waals surface area contributed by atoms with Crippen molar-refractivity contribution in [1.29, 1.82) is 0 Å². The number of ether oxygens (including phenoxy) is 2. The maximum absolute atomic E-state index is 13.5. The molecule has 0 saturated carbocycles. The second kappa shape index (κ2) is 12.8. The average Bonchev–Trinajstić information content (AvgIpc) is 2.90. The van der Waals surface area contributed by atoms with E-state index in [9.17, 15) is 18.3 Å². The highest BCUT2D eigenvalue weighted by Crippen LogP contribution is 2.34. The SMILES string of the molecule is CCOc1ccc(N(CC(=O)N/N=C\c2cc(Br)c(O)c(OC)c2)S(=O)(=O)c2ccc(SC)cc2)cc1. The molecule has 0 atom stereocenters. The Hall–Kier alpha value is -3.22. The van der Waals surface area contributed by atoms with Crippen molar-refractivity contribution in [2.24, 2.45) is 5.10 Å². The molecule has 37 heavy (non-hydrogen) atoms. The van der Waals surface area contributed by atoms with Crippen LogP contribution in [0.15, 0.2) is 80.0 Å². The van der Waals surface area contributed by atoms with Crippen LogP contribution in [0.25, 0.3) is 0 Å². The molecule has 0 aliphatic rings. The second-order valence-electron chi connectivity index (χ2n) is 7.46. The average molecular weight is 609 g/mol. The number of thioether (sulfide) groups is 1. The number of carbonyl (C=O) groups excluding carboxylic acids is 1. The van der Waals surface area contributed by atoms with Gasteiger partial charge in [-0.05, 0) is 95.3 Å². The lowest BCUT2D eigenvalue weighted by Crippen LogP contribution is -2.39. The van der Waals surface area contributed by atoms with Crippen LogP contribution >= 0.6 is 27.7 Å². The molecule has 0 unspecified atom stereocenters. The van der Waals surface area contributed by atoms with Crippen LogP contribution < -0.4 is 19.2 Å². The van der Waals surface area contributed by atoms with E-state index < -0.39 is 22.5 Å². The van der Waals surface area contributed by atoms with Crippen molar-refractivity contribution in [3.05, 3.63) is 70.7 Å². The number of phenolic OH excluding ortho intramolecular Hbond substituents is 1. The quantitative estimate of drug-likeness (QED) is 0.185. The molecule has 0 aromatic heterocycles. The molecule has 0 fully saturated rings. The number of amides is 1. The van der Waals surface area contributed by atoms with Crippen LogP contribution in [0.1, 0.15) is 12.5 Å². The van der Waals surface area contributed by atoms with Crippen molar-refractivity contribution in [2.45, 2.75) is 16.7 Å². The van der Waals surface area contributed by atoms with E-state index in [0.29, 0.717) is 28.1 Å². The van der Waals surface area contributed by atoms with E-state index >= 15 is 0 Å². The lowest BCUT2D eigenvalue weighted by Gasteiger charge is -2.24. The van der Waals surface area contributed by atoms with Gasteiger partial charge in [0.05, 0.1) is 35.0 Å². The van der Waals surface area contributed by atoms with Crippen LogP contribution in [-0.2, 0) is 14.8 Å². The van der Waals surface area contributed by atoms with Gasteiger partial charge in [0.2, 0.25) is 0 Å². The van der Waals surface area contributed by atoms with Crippen molar-refractivity contribution in [3.63, 3.8) is 0 Å². The summed E-state index contributed by atoms with van der Waals surface area (Å²) >= 11 is 4.72. The number of nitrogens with one attached hydrogen (secondary N) is 1. The predicted molar refractivity (Wildman–Crippen MR) is 148 cm³/mol. The highest BCUT2D eigenvalue weighted by Gasteiger charge is 2.27. The third kappa shape index (κ3) is 7.18. The third-order valence-electron chi connectivity index (χ3n) is 5.04. The van der Waals surface area contributed by atoms with Gasteiger partial charge in [0, 0.05) is 4.90 Å². The summed E-state index contributed by atoms with van der Waals surface area (Å²) in [5.74, 6) is 0.0876. The fraction of sp³-hybridized carbons (Fsp3) is 0.200. The molecule has 0 aliphatic carbocycles.